The van der Waals surface area contributed by atoms with Crippen molar-refractivity contribution < 1.29 is 14.4 Å². The predicted molar refractivity (Wildman–Crippen MR) is 134 cm³/mol. The van der Waals surface area contributed by atoms with Crippen LogP contribution in [0.25, 0.3) is 0 Å². The van der Waals surface area contributed by atoms with Crippen LogP contribution < -0.4 is 5.32 Å². The first-order chi connectivity index (χ1) is 17.0. The molecule has 1 unspecified atom stereocenters. The third-order valence-electron chi connectivity index (χ3n) is 6.95. The fourth-order valence-corrected chi connectivity index (χ4v) is 5.09. The average Bonchev–Trinajstić information content (AvgIpc) is 2.89. The van der Waals surface area contributed by atoms with Crippen molar-refractivity contribution in [1.82, 2.24) is 25.1 Å². The van der Waals surface area contributed by atoms with E-state index in [2.05, 4.69) is 5.32 Å². The Kier molecular flexibility index (Phi) is 7.70. The molecule has 0 bridgehead atoms. The van der Waals surface area contributed by atoms with Crippen molar-refractivity contribution >= 4 is 17.8 Å². The number of urea groups is 1. The smallest absolute Gasteiger partial charge is 0.333 e. The lowest BCUT2D eigenvalue weighted by Gasteiger charge is -2.56. The lowest BCUT2D eigenvalue weighted by Crippen LogP contribution is -2.76. The zero-order chi connectivity index (χ0) is 24.9. The molecule has 0 spiro atoms. The first kappa shape index (κ1) is 24.7. The molecule has 1 N–H and O–H groups in total. The van der Waals surface area contributed by atoms with Crippen LogP contribution in [0.15, 0.2) is 60.7 Å². The Morgan fingerprint density at radius 2 is 1.69 bits per heavy atom. The number of hydrazine groups is 1. The van der Waals surface area contributed by atoms with Gasteiger partial charge in [0.1, 0.15) is 12.2 Å². The number of nitrogens with zero attached hydrogens (tertiary/aromatic N) is 4. The third kappa shape index (κ3) is 5.03. The molecular formula is C27H35N5O3. The molecule has 2 aromatic rings. The van der Waals surface area contributed by atoms with Gasteiger partial charge in [0.2, 0.25) is 11.8 Å². The molecule has 2 aliphatic heterocycles. The first-order valence-corrected chi connectivity index (χ1v) is 12.5. The van der Waals surface area contributed by atoms with Gasteiger partial charge in [-0.05, 0) is 24.5 Å². The van der Waals surface area contributed by atoms with Gasteiger partial charge < -0.3 is 15.1 Å². The molecule has 0 aromatic heterocycles. The van der Waals surface area contributed by atoms with E-state index in [0.29, 0.717) is 19.5 Å². The number of fused-ring (bicyclic) bond motifs is 1. The van der Waals surface area contributed by atoms with E-state index >= 15 is 0 Å². The number of amides is 4. The molecule has 2 saturated heterocycles. The number of benzene rings is 2. The van der Waals surface area contributed by atoms with E-state index in [4.69, 9.17) is 0 Å². The topological polar surface area (TPSA) is 76.2 Å². The van der Waals surface area contributed by atoms with E-state index in [-0.39, 0.29) is 37.0 Å². The Labute approximate surface area is 207 Å². The Morgan fingerprint density at radius 3 is 2.31 bits per heavy atom. The average molecular weight is 478 g/mol. The zero-order valence-corrected chi connectivity index (χ0v) is 20.8. The van der Waals surface area contributed by atoms with Crippen molar-refractivity contribution in [2.75, 3.05) is 19.6 Å². The fraction of sp³-hybridized carbons (Fsp3) is 0.444. The molecule has 35 heavy (non-hydrogen) atoms. The van der Waals surface area contributed by atoms with Gasteiger partial charge in [-0.15, -0.1) is 0 Å². The molecule has 8 heteroatoms. The maximum Gasteiger partial charge on any atom is 0.334 e. The number of hydrogen-bond donors (Lipinski definition) is 1. The van der Waals surface area contributed by atoms with E-state index in [1.54, 1.807) is 14.9 Å². The monoisotopic (exact) mass is 477 g/mol. The molecule has 3 atom stereocenters. The van der Waals surface area contributed by atoms with Gasteiger partial charge in [-0.2, -0.15) is 0 Å². The lowest BCUT2D eigenvalue weighted by molar-refractivity contribution is -0.192. The zero-order valence-electron chi connectivity index (χ0n) is 20.8. The quantitative estimate of drug-likeness (QED) is 0.663. The Morgan fingerprint density at radius 1 is 1.03 bits per heavy atom. The van der Waals surface area contributed by atoms with Gasteiger partial charge in [0, 0.05) is 13.1 Å². The summed E-state index contributed by atoms with van der Waals surface area (Å²) in [6.07, 6.45) is 0.760. The Hall–Kier alpha value is -3.39. The second-order valence-electron chi connectivity index (χ2n) is 9.13. The molecule has 2 aliphatic rings. The second-order valence-corrected chi connectivity index (χ2v) is 9.13. The number of nitrogens with one attached hydrogen (secondary N) is 1. The van der Waals surface area contributed by atoms with Crippen LogP contribution in [-0.2, 0) is 16.1 Å². The van der Waals surface area contributed by atoms with Crippen molar-refractivity contribution in [1.29, 1.82) is 0 Å². The van der Waals surface area contributed by atoms with E-state index in [1.165, 1.54) is 0 Å². The van der Waals surface area contributed by atoms with Crippen LogP contribution in [-0.4, -0.2) is 69.5 Å². The van der Waals surface area contributed by atoms with Crippen molar-refractivity contribution in [3.63, 3.8) is 0 Å². The van der Waals surface area contributed by atoms with Gasteiger partial charge in [0.05, 0.1) is 19.1 Å². The molecule has 0 saturated carbocycles. The largest absolute Gasteiger partial charge is 0.334 e. The minimum absolute atomic E-state index is 0.0533. The van der Waals surface area contributed by atoms with Gasteiger partial charge in [0.15, 0.2) is 0 Å². The summed E-state index contributed by atoms with van der Waals surface area (Å²) in [7, 11) is 0. The van der Waals surface area contributed by atoms with Gasteiger partial charge in [-0.25, -0.2) is 14.8 Å². The minimum Gasteiger partial charge on any atom is -0.333 e. The number of piperazine rings is 1. The van der Waals surface area contributed by atoms with Gasteiger partial charge in [-0.3, -0.25) is 9.59 Å². The van der Waals surface area contributed by atoms with Crippen LogP contribution in [0.2, 0.25) is 0 Å². The van der Waals surface area contributed by atoms with Crippen LogP contribution in [0.5, 0.6) is 0 Å². The van der Waals surface area contributed by atoms with Crippen LogP contribution >= 0.6 is 0 Å². The molecule has 186 valence electrons. The minimum atomic E-state index is -0.583. The van der Waals surface area contributed by atoms with Crippen molar-refractivity contribution in [3.05, 3.63) is 71.8 Å². The molecule has 2 heterocycles. The van der Waals surface area contributed by atoms with Crippen molar-refractivity contribution in [2.24, 2.45) is 0 Å². The van der Waals surface area contributed by atoms with Crippen molar-refractivity contribution in [3.8, 4) is 0 Å². The highest BCUT2D eigenvalue weighted by Crippen LogP contribution is 2.32. The molecule has 0 aliphatic carbocycles. The summed E-state index contributed by atoms with van der Waals surface area (Å²) in [5.74, 6) is -0.162. The van der Waals surface area contributed by atoms with E-state index < -0.39 is 12.2 Å². The van der Waals surface area contributed by atoms with Gasteiger partial charge in [-0.1, -0.05) is 80.9 Å². The molecule has 2 fully saturated rings. The molecular weight excluding hydrogens is 442 g/mol. The normalized spacial score (nSPS) is 21.6. The van der Waals surface area contributed by atoms with Gasteiger partial charge in [0.25, 0.3) is 0 Å². The summed E-state index contributed by atoms with van der Waals surface area (Å²) < 4.78 is 0. The fourth-order valence-electron chi connectivity index (χ4n) is 5.09. The molecule has 4 rings (SSSR count). The highest BCUT2D eigenvalue weighted by Gasteiger charge is 2.51. The third-order valence-corrected chi connectivity index (χ3v) is 6.95. The van der Waals surface area contributed by atoms with E-state index in [9.17, 15) is 14.4 Å². The summed E-state index contributed by atoms with van der Waals surface area (Å²) in [6.45, 7) is 7.18. The molecule has 8 nitrogen and oxygen atoms in total. The number of carbonyl (C=O) groups excluding carboxylic acids is 3. The summed E-state index contributed by atoms with van der Waals surface area (Å²) in [5, 5.41) is 6.46. The number of hydrogen-bond acceptors (Lipinski definition) is 4. The summed E-state index contributed by atoms with van der Waals surface area (Å²) >= 11 is 0. The van der Waals surface area contributed by atoms with Crippen LogP contribution in [0.3, 0.4) is 0 Å². The maximum absolute atomic E-state index is 13.7. The van der Waals surface area contributed by atoms with Crippen LogP contribution in [0.4, 0.5) is 4.79 Å². The highest BCUT2D eigenvalue weighted by atomic mass is 16.2. The highest BCUT2D eigenvalue weighted by molar-refractivity contribution is 5.91. The number of rotatable bonds is 7. The Bertz CT molecular complexity index is 1030. The summed E-state index contributed by atoms with van der Waals surface area (Å²) in [6, 6.07) is 18.6. The standard InChI is InChI=1S/C27H35N5O3/c1-4-12-23-26(34)30(20(3)22-15-10-7-11-16-22)18-24-31(23)25(33)19-29(5-2)32(24)27(35)28-17-21-13-8-6-9-14-21/h6-11,13-16,20,23-24H,4-5,12,17-19H2,1-3H3,(H,28,35)/t20?,23-,24-/m0/s1. The second kappa shape index (κ2) is 10.9. The molecule has 0 radical (unpaired) electrons. The lowest BCUT2D eigenvalue weighted by atomic mass is 9.98. The number of likely N-dealkylation sites (N-methyl/N-ethyl adjacent to an activating group) is 1. The summed E-state index contributed by atoms with van der Waals surface area (Å²) in [5.41, 5.74) is 2.02. The number of carbonyl (C=O) groups is 3. The maximum atomic E-state index is 13.7. The van der Waals surface area contributed by atoms with E-state index in [1.807, 2.05) is 86.3 Å². The van der Waals surface area contributed by atoms with Crippen LogP contribution in [0.1, 0.15) is 50.8 Å². The van der Waals surface area contributed by atoms with Crippen LogP contribution in [0, 0.1) is 0 Å². The molecule has 4 amide bonds. The van der Waals surface area contributed by atoms with Gasteiger partial charge >= 0.3 is 6.03 Å². The SMILES string of the molecule is CCC[C@H]1C(=O)N(C(C)c2ccccc2)C[C@H]2N1C(=O)CN(CC)N2C(=O)NCc1ccccc1. The first-order valence-electron chi connectivity index (χ1n) is 12.5. The molecule has 2 aromatic carbocycles. The van der Waals surface area contributed by atoms with E-state index in [0.717, 1.165) is 17.5 Å². The Balaban J connectivity index is 1.65. The summed E-state index contributed by atoms with van der Waals surface area (Å²) in [4.78, 5) is 44.0. The predicted octanol–water partition coefficient (Wildman–Crippen LogP) is 3.38. The van der Waals surface area contributed by atoms with Crippen molar-refractivity contribution in [2.45, 2.75) is 58.4 Å².